The number of halogens is 1. The number of hydrogen-bond donors (Lipinski definition) is 2. The summed E-state index contributed by atoms with van der Waals surface area (Å²) in [6, 6.07) is 14.9. The average molecular weight is 329 g/mol. The summed E-state index contributed by atoms with van der Waals surface area (Å²) < 4.78 is 0.998. The molecule has 0 bridgehead atoms. The second kappa shape index (κ2) is 5.23. The number of phenolic OH excluding ortho intramolecular Hbond substituents is 1. The van der Waals surface area contributed by atoms with Gasteiger partial charge in [-0.15, -0.1) is 0 Å². The maximum atomic E-state index is 10.4. The van der Waals surface area contributed by atoms with Crippen LogP contribution in [-0.4, -0.2) is 10.1 Å². The lowest BCUT2D eigenvalue weighted by Gasteiger charge is -2.15. The number of aromatic hydroxyl groups is 1. The van der Waals surface area contributed by atoms with Crippen molar-refractivity contribution in [3.63, 3.8) is 0 Å². The number of fused-ring (bicyclic) bond motifs is 1. The van der Waals surface area contributed by atoms with Crippen LogP contribution in [0.15, 0.2) is 59.2 Å². The zero-order valence-corrected chi connectivity index (χ0v) is 12.2. The Morgan fingerprint density at radius 3 is 2.55 bits per heavy atom. The van der Waals surface area contributed by atoms with Gasteiger partial charge in [-0.25, -0.2) is 0 Å². The minimum absolute atomic E-state index is 0.151. The van der Waals surface area contributed by atoms with Crippen molar-refractivity contribution in [2.24, 2.45) is 5.73 Å². The van der Waals surface area contributed by atoms with Crippen LogP contribution in [0.3, 0.4) is 0 Å². The molecular formula is C16H13BrN2O. The first-order valence-electron chi connectivity index (χ1n) is 6.24. The van der Waals surface area contributed by atoms with Crippen LogP contribution < -0.4 is 5.73 Å². The minimum atomic E-state index is -0.380. The van der Waals surface area contributed by atoms with E-state index in [1.165, 1.54) is 0 Å². The van der Waals surface area contributed by atoms with Gasteiger partial charge in [-0.05, 0) is 23.8 Å². The molecule has 3 N–H and O–H groups in total. The standard InChI is InChI=1S/C16H13BrN2O/c17-12-6-3-10(4-7-12)14(18)13-8-5-11-2-1-9-19-15(11)16(13)20/h1-9,14,20H,18H2. The molecule has 20 heavy (non-hydrogen) atoms. The lowest BCUT2D eigenvalue weighted by atomic mass is 9.97. The summed E-state index contributed by atoms with van der Waals surface area (Å²) in [6.07, 6.45) is 1.66. The Morgan fingerprint density at radius 2 is 1.80 bits per heavy atom. The Balaban J connectivity index is 2.09. The van der Waals surface area contributed by atoms with E-state index >= 15 is 0 Å². The second-order valence-electron chi connectivity index (χ2n) is 4.61. The number of phenols is 1. The highest BCUT2D eigenvalue weighted by molar-refractivity contribution is 9.10. The van der Waals surface area contributed by atoms with Gasteiger partial charge in [0.2, 0.25) is 0 Å². The van der Waals surface area contributed by atoms with Gasteiger partial charge >= 0.3 is 0 Å². The highest BCUT2D eigenvalue weighted by Gasteiger charge is 2.15. The van der Waals surface area contributed by atoms with Gasteiger partial charge in [-0.3, -0.25) is 4.98 Å². The van der Waals surface area contributed by atoms with E-state index in [9.17, 15) is 5.11 Å². The van der Waals surface area contributed by atoms with Crippen molar-refractivity contribution in [3.05, 3.63) is 70.3 Å². The molecule has 3 nitrogen and oxygen atoms in total. The molecule has 1 unspecified atom stereocenters. The molecule has 0 aliphatic carbocycles. The van der Waals surface area contributed by atoms with Crippen LogP contribution in [0.5, 0.6) is 5.75 Å². The van der Waals surface area contributed by atoms with Gasteiger partial charge in [-0.1, -0.05) is 46.3 Å². The van der Waals surface area contributed by atoms with Crippen molar-refractivity contribution >= 4 is 26.8 Å². The van der Waals surface area contributed by atoms with E-state index in [1.807, 2.05) is 48.5 Å². The van der Waals surface area contributed by atoms with Crippen LogP contribution in [0.2, 0.25) is 0 Å². The van der Waals surface area contributed by atoms with E-state index < -0.39 is 0 Å². The van der Waals surface area contributed by atoms with Crippen LogP contribution in [0, 0.1) is 0 Å². The summed E-state index contributed by atoms with van der Waals surface area (Å²) in [7, 11) is 0. The molecule has 0 saturated heterocycles. The monoisotopic (exact) mass is 328 g/mol. The Kier molecular flexibility index (Phi) is 3.42. The summed E-state index contributed by atoms with van der Waals surface area (Å²) in [5, 5.41) is 11.3. The molecule has 0 aliphatic heterocycles. The van der Waals surface area contributed by atoms with E-state index in [0.717, 1.165) is 15.4 Å². The van der Waals surface area contributed by atoms with E-state index in [2.05, 4.69) is 20.9 Å². The van der Waals surface area contributed by atoms with Crippen LogP contribution in [0.1, 0.15) is 17.2 Å². The lowest BCUT2D eigenvalue weighted by Crippen LogP contribution is -2.12. The van der Waals surface area contributed by atoms with E-state index in [1.54, 1.807) is 6.20 Å². The third kappa shape index (κ3) is 2.28. The number of pyridine rings is 1. The summed E-state index contributed by atoms with van der Waals surface area (Å²) in [6.45, 7) is 0. The molecule has 0 fully saturated rings. The Morgan fingerprint density at radius 1 is 1.05 bits per heavy atom. The molecule has 4 heteroatoms. The fourth-order valence-electron chi connectivity index (χ4n) is 2.25. The second-order valence-corrected chi connectivity index (χ2v) is 5.52. The van der Waals surface area contributed by atoms with Crippen LogP contribution in [0.4, 0.5) is 0 Å². The van der Waals surface area contributed by atoms with Crippen molar-refractivity contribution in [2.45, 2.75) is 6.04 Å². The van der Waals surface area contributed by atoms with Gasteiger partial charge in [0.15, 0.2) is 0 Å². The molecule has 1 heterocycles. The molecule has 3 rings (SSSR count). The van der Waals surface area contributed by atoms with E-state index in [0.29, 0.717) is 11.1 Å². The minimum Gasteiger partial charge on any atom is -0.505 e. The van der Waals surface area contributed by atoms with Crippen LogP contribution >= 0.6 is 15.9 Å². The zero-order valence-electron chi connectivity index (χ0n) is 10.6. The molecule has 2 aromatic carbocycles. The summed E-state index contributed by atoms with van der Waals surface area (Å²) >= 11 is 3.40. The van der Waals surface area contributed by atoms with E-state index in [4.69, 9.17) is 5.73 Å². The largest absolute Gasteiger partial charge is 0.505 e. The maximum Gasteiger partial charge on any atom is 0.146 e. The Hall–Kier alpha value is -1.91. The predicted molar refractivity (Wildman–Crippen MR) is 83.6 cm³/mol. The Labute approximate surface area is 125 Å². The van der Waals surface area contributed by atoms with Crippen molar-refractivity contribution < 1.29 is 5.11 Å². The number of nitrogens with two attached hydrogens (primary N) is 1. The number of aromatic nitrogens is 1. The molecule has 0 radical (unpaired) electrons. The van der Waals surface area contributed by atoms with Crippen molar-refractivity contribution in [1.29, 1.82) is 0 Å². The summed E-state index contributed by atoms with van der Waals surface area (Å²) in [5.74, 6) is 0.151. The number of benzene rings is 2. The molecule has 1 atom stereocenters. The first kappa shape index (κ1) is 13.1. The third-order valence-electron chi connectivity index (χ3n) is 3.34. The molecule has 0 saturated carbocycles. The van der Waals surface area contributed by atoms with Crippen molar-refractivity contribution in [3.8, 4) is 5.75 Å². The van der Waals surface area contributed by atoms with E-state index in [-0.39, 0.29) is 11.8 Å². The first-order chi connectivity index (χ1) is 9.66. The molecule has 100 valence electrons. The first-order valence-corrected chi connectivity index (χ1v) is 7.04. The van der Waals surface area contributed by atoms with Gasteiger partial charge in [0.05, 0.1) is 6.04 Å². The predicted octanol–water partition coefficient (Wildman–Crippen LogP) is 3.75. The SMILES string of the molecule is NC(c1ccc(Br)cc1)c1ccc2cccnc2c1O. The quantitative estimate of drug-likeness (QED) is 0.753. The zero-order chi connectivity index (χ0) is 14.1. The number of hydrogen-bond acceptors (Lipinski definition) is 3. The van der Waals surface area contributed by atoms with Crippen LogP contribution in [0.25, 0.3) is 10.9 Å². The van der Waals surface area contributed by atoms with Gasteiger partial charge in [0.1, 0.15) is 11.3 Å². The molecule has 0 amide bonds. The molecular weight excluding hydrogens is 316 g/mol. The lowest BCUT2D eigenvalue weighted by molar-refractivity contribution is 0.470. The summed E-state index contributed by atoms with van der Waals surface area (Å²) in [4.78, 5) is 4.22. The van der Waals surface area contributed by atoms with Crippen LogP contribution in [-0.2, 0) is 0 Å². The third-order valence-corrected chi connectivity index (χ3v) is 3.87. The van der Waals surface area contributed by atoms with Gasteiger partial charge < -0.3 is 10.8 Å². The topological polar surface area (TPSA) is 59.1 Å². The average Bonchev–Trinajstić information content (AvgIpc) is 2.48. The number of nitrogens with zero attached hydrogens (tertiary/aromatic N) is 1. The highest BCUT2D eigenvalue weighted by Crippen LogP contribution is 2.33. The molecule has 0 spiro atoms. The maximum absolute atomic E-state index is 10.4. The number of rotatable bonds is 2. The van der Waals surface area contributed by atoms with Gasteiger partial charge in [0.25, 0.3) is 0 Å². The van der Waals surface area contributed by atoms with Gasteiger partial charge in [-0.2, -0.15) is 0 Å². The molecule has 1 aromatic heterocycles. The van der Waals surface area contributed by atoms with Gasteiger partial charge in [0, 0.05) is 21.6 Å². The Bertz CT molecular complexity index is 756. The summed E-state index contributed by atoms with van der Waals surface area (Å²) in [5.41, 5.74) is 8.46. The highest BCUT2D eigenvalue weighted by atomic mass is 79.9. The molecule has 0 aliphatic rings. The molecule has 3 aromatic rings. The fourth-order valence-corrected chi connectivity index (χ4v) is 2.51. The smallest absolute Gasteiger partial charge is 0.146 e. The van der Waals surface area contributed by atoms with Crippen molar-refractivity contribution in [1.82, 2.24) is 4.98 Å². The fraction of sp³-hybridized carbons (Fsp3) is 0.0625. The normalized spacial score (nSPS) is 12.5. The van der Waals surface area contributed by atoms with Crippen molar-refractivity contribution in [2.75, 3.05) is 0 Å².